The summed E-state index contributed by atoms with van der Waals surface area (Å²) < 4.78 is 15.4. The van der Waals surface area contributed by atoms with Crippen molar-refractivity contribution in [3.63, 3.8) is 0 Å². The molecule has 1 N–H and O–H groups in total. The van der Waals surface area contributed by atoms with E-state index in [4.69, 9.17) is 0 Å². The van der Waals surface area contributed by atoms with E-state index in [1.807, 2.05) is 16.9 Å². The van der Waals surface area contributed by atoms with Crippen molar-refractivity contribution in [2.45, 2.75) is 45.2 Å². The normalized spacial score (nSPS) is 18.3. The Kier molecular flexibility index (Phi) is 4.34. The van der Waals surface area contributed by atoms with Gasteiger partial charge in [-0.25, -0.2) is 4.39 Å². The van der Waals surface area contributed by atoms with Gasteiger partial charge in [-0.3, -0.25) is 4.68 Å². The lowest BCUT2D eigenvalue weighted by molar-refractivity contribution is 0.503. The molecule has 0 radical (unpaired) electrons. The highest BCUT2D eigenvalue weighted by Gasteiger charge is 2.21. The minimum absolute atomic E-state index is 0.184. The molecule has 0 amide bonds. The van der Waals surface area contributed by atoms with Crippen molar-refractivity contribution in [3.05, 3.63) is 53.1 Å². The largest absolute Gasteiger partial charge is 0.310 e. The van der Waals surface area contributed by atoms with Crippen LogP contribution in [0.15, 0.2) is 30.5 Å². The van der Waals surface area contributed by atoms with Gasteiger partial charge >= 0.3 is 0 Å². The fourth-order valence-electron chi connectivity index (χ4n) is 3.19. The Hall–Kier alpha value is -1.68. The summed E-state index contributed by atoms with van der Waals surface area (Å²) in [6.07, 6.45) is 6.67. The van der Waals surface area contributed by atoms with Crippen molar-refractivity contribution in [3.8, 4) is 0 Å². The third-order valence-electron chi connectivity index (χ3n) is 4.18. The highest BCUT2D eigenvalue weighted by Crippen LogP contribution is 2.28. The van der Waals surface area contributed by atoms with Crippen molar-refractivity contribution >= 4 is 0 Å². The quantitative estimate of drug-likeness (QED) is 0.873. The van der Waals surface area contributed by atoms with Gasteiger partial charge in [0.15, 0.2) is 0 Å². The molecule has 1 heterocycles. The summed E-state index contributed by atoms with van der Waals surface area (Å²) in [5.74, 6) is -0.184. The Labute approximate surface area is 125 Å². The lowest BCUT2D eigenvalue weighted by Crippen LogP contribution is -2.20. The van der Waals surface area contributed by atoms with Crippen LogP contribution in [0.25, 0.3) is 0 Å². The van der Waals surface area contributed by atoms with E-state index in [2.05, 4.69) is 17.3 Å². The van der Waals surface area contributed by atoms with E-state index in [0.717, 1.165) is 18.5 Å². The van der Waals surface area contributed by atoms with Crippen LogP contribution in [0.4, 0.5) is 4.39 Å². The van der Waals surface area contributed by atoms with Gasteiger partial charge in [-0.1, -0.05) is 25.5 Å². The zero-order valence-electron chi connectivity index (χ0n) is 12.5. The Morgan fingerprint density at radius 1 is 1.38 bits per heavy atom. The molecule has 1 aromatic carbocycles. The van der Waals surface area contributed by atoms with Crippen LogP contribution in [0.5, 0.6) is 0 Å². The number of rotatable bonds is 4. The molecular weight excluding hydrogens is 265 g/mol. The number of halogens is 1. The molecule has 3 rings (SSSR count). The van der Waals surface area contributed by atoms with E-state index in [9.17, 15) is 4.39 Å². The summed E-state index contributed by atoms with van der Waals surface area (Å²) in [4.78, 5) is 0. The Morgan fingerprint density at radius 3 is 3.10 bits per heavy atom. The smallest absolute Gasteiger partial charge is 0.123 e. The first kappa shape index (κ1) is 14.3. The van der Waals surface area contributed by atoms with Gasteiger partial charge in [0.2, 0.25) is 0 Å². The summed E-state index contributed by atoms with van der Waals surface area (Å²) in [7, 11) is 0. The molecule has 0 aliphatic heterocycles. The first-order valence-electron chi connectivity index (χ1n) is 7.80. The second-order valence-electron chi connectivity index (χ2n) is 5.69. The van der Waals surface area contributed by atoms with Crippen LogP contribution in [-0.4, -0.2) is 16.3 Å². The first-order valence-corrected chi connectivity index (χ1v) is 7.80. The second-order valence-corrected chi connectivity index (χ2v) is 5.69. The highest BCUT2D eigenvalue weighted by atomic mass is 19.1. The Morgan fingerprint density at radius 2 is 2.29 bits per heavy atom. The summed E-state index contributed by atoms with van der Waals surface area (Å²) >= 11 is 0. The molecule has 0 saturated carbocycles. The van der Waals surface area contributed by atoms with Crippen LogP contribution in [-0.2, 0) is 13.0 Å². The molecule has 0 saturated heterocycles. The predicted molar refractivity (Wildman–Crippen MR) is 81.7 cm³/mol. The topological polar surface area (TPSA) is 29.9 Å². The molecule has 4 heteroatoms. The van der Waals surface area contributed by atoms with Gasteiger partial charge in [-0.05, 0) is 43.5 Å². The molecule has 1 aromatic heterocycles. The third-order valence-corrected chi connectivity index (χ3v) is 4.18. The molecule has 0 spiro atoms. The second kappa shape index (κ2) is 6.39. The fourth-order valence-corrected chi connectivity index (χ4v) is 3.19. The molecule has 1 aliphatic rings. The maximum Gasteiger partial charge on any atom is 0.123 e. The van der Waals surface area contributed by atoms with Crippen LogP contribution in [0, 0.1) is 5.82 Å². The van der Waals surface area contributed by atoms with Gasteiger partial charge in [0, 0.05) is 17.3 Å². The number of hydrogen-bond donors (Lipinski definition) is 1. The van der Waals surface area contributed by atoms with Crippen molar-refractivity contribution in [1.82, 2.24) is 15.1 Å². The Balaban J connectivity index is 1.87. The van der Waals surface area contributed by atoms with E-state index in [1.54, 1.807) is 12.1 Å². The third kappa shape index (κ3) is 3.16. The van der Waals surface area contributed by atoms with Crippen LogP contribution in [0.1, 0.15) is 49.0 Å². The number of fused-ring (bicyclic) bond motifs is 1. The number of nitrogens with one attached hydrogen (secondary N) is 1. The van der Waals surface area contributed by atoms with Crippen molar-refractivity contribution in [2.24, 2.45) is 0 Å². The van der Waals surface area contributed by atoms with Crippen LogP contribution >= 0.6 is 0 Å². The van der Waals surface area contributed by atoms with Crippen molar-refractivity contribution in [1.29, 1.82) is 0 Å². The predicted octanol–water partition coefficient (Wildman–Crippen LogP) is 3.45. The molecule has 1 atom stereocenters. The minimum atomic E-state index is -0.184. The molecule has 21 heavy (non-hydrogen) atoms. The molecule has 1 aliphatic carbocycles. The van der Waals surface area contributed by atoms with Gasteiger partial charge in [0.05, 0.1) is 12.7 Å². The lowest BCUT2D eigenvalue weighted by atomic mass is 10.1. The maximum atomic E-state index is 13.3. The van der Waals surface area contributed by atoms with E-state index >= 15 is 0 Å². The molecule has 112 valence electrons. The van der Waals surface area contributed by atoms with Gasteiger partial charge in [0.25, 0.3) is 0 Å². The maximum absolute atomic E-state index is 13.3. The van der Waals surface area contributed by atoms with Crippen LogP contribution < -0.4 is 5.32 Å². The average Bonchev–Trinajstić information content (AvgIpc) is 2.74. The van der Waals surface area contributed by atoms with Crippen molar-refractivity contribution < 1.29 is 4.39 Å². The number of nitrogens with zero attached hydrogens (tertiary/aromatic N) is 2. The van der Waals surface area contributed by atoms with Gasteiger partial charge < -0.3 is 5.32 Å². The highest BCUT2D eigenvalue weighted by molar-refractivity contribution is 5.25. The average molecular weight is 287 g/mol. The van der Waals surface area contributed by atoms with Gasteiger partial charge in [0.1, 0.15) is 5.82 Å². The van der Waals surface area contributed by atoms with E-state index in [-0.39, 0.29) is 5.82 Å². The number of benzene rings is 1. The molecular formula is C17H22FN3. The van der Waals surface area contributed by atoms with E-state index < -0.39 is 0 Å². The summed E-state index contributed by atoms with van der Waals surface area (Å²) in [5, 5.41) is 8.10. The lowest BCUT2D eigenvalue weighted by Gasteiger charge is -2.15. The minimum Gasteiger partial charge on any atom is -0.310 e. The van der Waals surface area contributed by atoms with E-state index in [0.29, 0.717) is 12.6 Å². The standard InChI is InChI=1S/C17H22FN3/c1-2-19-16-8-3-4-9-17-15(16)11-20-21(17)12-13-6-5-7-14(18)10-13/h5-7,10-11,16,19H,2-4,8-9,12H2,1H3. The Bertz CT molecular complexity index is 606. The molecule has 0 bridgehead atoms. The van der Waals surface area contributed by atoms with Gasteiger partial charge in [-0.15, -0.1) is 0 Å². The molecule has 0 fully saturated rings. The zero-order valence-corrected chi connectivity index (χ0v) is 12.5. The summed E-state index contributed by atoms with van der Waals surface area (Å²) in [5.41, 5.74) is 3.60. The van der Waals surface area contributed by atoms with Crippen LogP contribution in [0.2, 0.25) is 0 Å². The van der Waals surface area contributed by atoms with E-state index in [1.165, 1.54) is 36.6 Å². The molecule has 2 aromatic rings. The van der Waals surface area contributed by atoms with Crippen molar-refractivity contribution in [2.75, 3.05) is 6.54 Å². The van der Waals surface area contributed by atoms with Gasteiger partial charge in [-0.2, -0.15) is 5.10 Å². The zero-order chi connectivity index (χ0) is 14.7. The molecule has 3 nitrogen and oxygen atoms in total. The monoisotopic (exact) mass is 287 g/mol. The fraction of sp³-hybridized carbons (Fsp3) is 0.471. The van der Waals surface area contributed by atoms with Crippen LogP contribution in [0.3, 0.4) is 0 Å². The molecule has 1 unspecified atom stereocenters. The summed E-state index contributed by atoms with van der Waals surface area (Å²) in [6, 6.07) is 7.19. The SMILES string of the molecule is CCNC1CCCCc2c1cnn2Cc1cccc(F)c1. The number of hydrogen-bond acceptors (Lipinski definition) is 2. The summed E-state index contributed by atoms with van der Waals surface area (Å²) in [6.45, 7) is 3.76. The number of aromatic nitrogens is 2. The first-order chi connectivity index (χ1) is 10.3.